The minimum Gasteiger partial charge on any atom is -0.497 e. The van der Waals surface area contributed by atoms with E-state index in [1.807, 2.05) is 0 Å². The van der Waals surface area contributed by atoms with Gasteiger partial charge in [0.2, 0.25) is 7.59 Å². The normalized spacial score (nSPS) is 15.8. The molecule has 9 heteroatoms. The van der Waals surface area contributed by atoms with E-state index in [1.165, 1.54) is 7.11 Å². The fraction of sp³-hybridized carbons (Fsp3) is 0.455. The van der Waals surface area contributed by atoms with E-state index in [2.05, 4.69) is 0 Å². The Hall–Kier alpha value is 1.34. The number of ether oxygens (including phenoxy) is 1. The van der Waals surface area contributed by atoms with E-state index >= 15 is 0 Å². The fourth-order valence-corrected chi connectivity index (χ4v) is 2.44. The second kappa shape index (κ2) is 7.27. The lowest BCUT2D eigenvalue weighted by Gasteiger charge is -2.23. The summed E-state index contributed by atoms with van der Waals surface area (Å²) in [4.78, 5) is 0. The van der Waals surface area contributed by atoms with Gasteiger partial charge in [-0.3, -0.25) is 0 Å². The van der Waals surface area contributed by atoms with Crippen molar-refractivity contribution >= 4 is 92.8 Å². The van der Waals surface area contributed by atoms with Gasteiger partial charge in [-0.05, 0) is 23.3 Å². The van der Waals surface area contributed by atoms with E-state index in [0.717, 1.165) is 0 Å². The molecular weight excluding hydrogens is 432 g/mol. The average Bonchev–Trinajstić information content (AvgIpc) is 2.34. The zero-order valence-corrected chi connectivity index (χ0v) is 15.9. The lowest BCUT2D eigenvalue weighted by atomic mass is 10.1. The Balaban J connectivity index is 3.29. The van der Waals surface area contributed by atoms with Gasteiger partial charge in [-0.2, -0.15) is 0 Å². The van der Waals surface area contributed by atoms with Crippen LogP contribution in [0.15, 0.2) is 18.2 Å². The molecule has 0 radical (unpaired) electrons. The molecule has 0 N–H and O–H groups in total. The molecule has 1 rings (SSSR count). The van der Waals surface area contributed by atoms with E-state index in [9.17, 15) is 0 Å². The van der Waals surface area contributed by atoms with Crippen LogP contribution in [0.2, 0.25) is 0 Å². The Labute approximate surface area is 157 Å². The van der Waals surface area contributed by atoms with Crippen LogP contribution in [0.3, 0.4) is 0 Å². The first-order chi connectivity index (χ1) is 8.96. The van der Waals surface area contributed by atoms with E-state index in [4.69, 9.17) is 97.5 Å². The van der Waals surface area contributed by atoms with Gasteiger partial charge in [-0.25, -0.2) is 0 Å². The van der Waals surface area contributed by atoms with Gasteiger partial charge >= 0.3 is 0 Å². The Morgan fingerprint density at radius 3 is 1.40 bits per heavy atom. The molecule has 0 aliphatic rings. The first-order valence-corrected chi connectivity index (χ1v) is 8.21. The molecule has 0 saturated heterocycles. The van der Waals surface area contributed by atoms with Crippen molar-refractivity contribution in [2.24, 2.45) is 0 Å². The molecule has 0 heterocycles. The lowest BCUT2D eigenvalue weighted by molar-refractivity contribution is 0.413. The Bertz CT molecular complexity index is 426. The van der Waals surface area contributed by atoms with Gasteiger partial charge in [0.05, 0.1) is 7.11 Å². The molecule has 2 atom stereocenters. The van der Waals surface area contributed by atoms with Crippen molar-refractivity contribution in [2.45, 2.75) is 18.3 Å². The van der Waals surface area contributed by atoms with Gasteiger partial charge in [0.15, 0.2) is 0 Å². The summed E-state index contributed by atoms with van der Waals surface area (Å²) < 4.78 is 1.74. The monoisotopic (exact) mass is 436 g/mol. The van der Waals surface area contributed by atoms with E-state index in [0.29, 0.717) is 16.9 Å². The zero-order valence-electron chi connectivity index (χ0n) is 9.82. The predicted octanol–water partition coefficient (Wildman–Crippen LogP) is 7.00. The third-order valence-corrected chi connectivity index (χ3v) is 5.49. The standard InChI is InChI=1S/C11H8Cl8O/c1-20-7-3-5(8(12)10(14,15)16)2-6(4-7)9(13)11(17,18)19/h2-4,8-9H,1H3. The number of alkyl halides is 8. The largest absolute Gasteiger partial charge is 0.497 e. The molecule has 114 valence electrons. The molecular formula is C11H8Cl8O. The molecule has 0 saturated carbocycles. The summed E-state index contributed by atoms with van der Waals surface area (Å²) in [5.74, 6) is 0.456. The van der Waals surface area contributed by atoms with Crippen LogP contribution in [0.1, 0.15) is 21.9 Å². The van der Waals surface area contributed by atoms with Crippen LogP contribution in [-0.2, 0) is 0 Å². The fourth-order valence-electron chi connectivity index (χ4n) is 1.43. The number of hydrogen-bond donors (Lipinski definition) is 0. The summed E-state index contributed by atoms with van der Waals surface area (Å²) in [6, 6.07) is 4.83. The van der Waals surface area contributed by atoms with Gasteiger partial charge in [0.1, 0.15) is 16.5 Å². The van der Waals surface area contributed by atoms with Gasteiger partial charge in [0.25, 0.3) is 0 Å². The van der Waals surface area contributed by atoms with Gasteiger partial charge < -0.3 is 4.74 Å². The third kappa shape index (κ3) is 5.21. The van der Waals surface area contributed by atoms with Crippen molar-refractivity contribution in [3.05, 3.63) is 29.3 Å². The minimum absolute atomic E-state index is 0.456. The molecule has 0 spiro atoms. The second-order valence-electron chi connectivity index (χ2n) is 3.85. The van der Waals surface area contributed by atoms with Gasteiger partial charge in [-0.15, -0.1) is 23.2 Å². The first-order valence-electron chi connectivity index (χ1n) is 5.07. The molecule has 0 bridgehead atoms. The minimum atomic E-state index is -1.70. The van der Waals surface area contributed by atoms with Crippen LogP contribution in [0.25, 0.3) is 0 Å². The molecule has 0 aliphatic heterocycles. The number of benzene rings is 1. The highest BCUT2D eigenvalue weighted by Gasteiger charge is 2.36. The highest BCUT2D eigenvalue weighted by atomic mass is 35.6. The van der Waals surface area contributed by atoms with Crippen molar-refractivity contribution < 1.29 is 4.74 Å². The maximum absolute atomic E-state index is 6.11. The van der Waals surface area contributed by atoms with Crippen LogP contribution in [0.4, 0.5) is 0 Å². The number of rotatable bonds is 3. The molecule has 0 aromatic heterocycles. The smallest absolute Gasteiger partial charge is 0.210 e. The first kappa shape index (κ1) is 19.4. The van der Waals surface area contributed by atoms with Crippen molar-refractivity contribution in [3.63, 3.8) is 0 Å². The van der Waals surface area contributed by atoms with E-state index in [1.54, 1.807) is 18.2 Å². The Morgan fingerprint density at radius 2 is 1.15 bits per heavy atom. The topological polar surface area (TPSA) is 9.23 Å². The molecule has 1 aromatic carbocycles. The molecule has 0 aliphatic carbocycles. The Morgan fingerprint density at radius 1 is 0.800 bits per heavy atom. The highest BCUT2D eigenvalue weighted by Crippen LogP contribution is 2.48. The predicted molar refractivity (Wildman–Crippen MR) is 90.8 cm³/mol. The molecule has 1 aromatic rings. The molecule has 20 heavy (non-hydrogen) atoms. The summed E-state index contributed by atoms with van der Waals surface area (Å²) in [7, 11) is 1.47. The van der Waals surface area contributed by atoms with Crippen LogP contribution in [0.5, 0.6) is 5.75 Å². The lowest BCUT2D eigenvalue weighted by Crippen LogP contribution is -2.14. The number of methoxy groups -OCH3 is 1. The zero-order chi connectivity index (χ0) is 15.7. The van der Waals surface area contributed by atoms with Crippen molar-refractivity contribution in [1.82, 2.24) is 0 Å². The summed E-state index contributed by atoms with van der Waals surface area (Å²) in [5, 5.41) is -1.83. The maximum Gasteiger partial charge on any atom is 0.210 e. The van der Waals surface area contributed by atoms with Crippen molar-refractivity contribution in [2.75, 3.05) is 7.11 Å². The Kier molecular flexibility index (Phi) is 7.05. The third-order valence-electron chi connectivity index (χ3n) is 2.35. The molecule has 0 fully saturated rings. The van der Waals surface area contributed by atoms with Gasteiger partial charge in [-0.1, -0.05) is 75.7 Å². The highest BCUT2D eigenvalue weighted by molar-refractivity contribution is 6.70. The van der Waals surface area contributed by atoms with Gasteiger partial charge in [0, 0.05) is 0 Å². The van der Waals surface area contributed by atoms with Crippen molar-refractivity contribution in [3.8, 4) is 5.75 Å². The van der Waals surface area contributed by atoms with E-state index in [-0.39, 0.29) is 0 Å². The summed E-state index contributed by atoms with van der Waals surface area (Å²) in [5.41, 5.74) is 0.974. The quantitative estimate of drug-likeness (QED) is 0.461. The molecule has 1 nitrogen and oxygen atoms in total. The second-order valence-corrected chi connectivity index (χ2v) is 9.46. The maximum atomic E-state index is 6.11. The summed E-state index contributed by atoms with van der Waals surface area (Å²) in [6.45, 7) is 0. The van der Waals surface area contributed by atoms with Crippen LogP contribution in [-0.4, -0.2) is 14.7 Å². The molecule has 0 amide bonds. The number of hydrogen-bond acceptors (Lipinski definition) is 1. The number of halogens is 8. The van der Waals surface area contributed by atoms with Crippen molar-refractivity contribution in [1.29, 1.82) is 0 Å². The average molecular weight is 440 g/mol. The van der Waals surface area contributed by atoms with Crippen LogP contribution >= 0.6 is 92.8 Å². The van der Waals surface area contributed by atoms with Crippen LogP contribution < -0.4 is 4.74 Å². The van der Waals surface area contributed by atoms with E-state index < -0.39 is 18.3 Å². The summed E-state index contributed by atoms with van der Waals surface area (Å²) >= 11 is 46.9. The summed E-state index contributed by atoms with van der Waals surface area (Å²) in [6.07, 6.45) is 0. The van der Waals surface area contributed by atoms with Crippen LogP contribution in [0, 0.1) is 0 Å². The SMILES string of the molecule is COc1cc(C(Cl)C(Cl)(Cl)Cl)cc(C(Cl)C(Cl)(Cl)Cl)c1. The molecule has 2 unspecified atom stereocenters.